The van der Waals surface area contributed by atoms with E-state index in [4.69, 9.17) is 28.9 Å². The lowest BCUT2D eigenvalue weighted by atomic mass is 9.96. The molecule has 0 aliphatic heterocycles. The van der Waals surface area contributed by atoms with Crippen molar-refractivity contribution >= 4 is 39.1 Å². The number of hydrogen-bond donors (Lipinski definition) is 1. The van der Waals surface area contributed by atoms with Gasteiger partial charge in [-0.2, -0.15) is 0 Å². The molecule has 1 unspecified atom stereocenters. The molecular weight excluding hydrogens is 345 g/mol. The number of nitrogens with two attached hydrogens (primary N) is 1. The van der Waals surface area contributed by atoms with Crippen molar-refractivity contribution in [3.8, 4) is 0 Å². The summed E-state index contributed by atoms with van der Waals surface area (Å²) >= 11 is 15.7. The Morgan fingerprint density at radius 2 is 1.95 bits per heavy atom. The zero-order chi connectivity index (χ0) is 14.0. The van der Waals surface area contributed by atoms with Crippen molar-refractivity contribution in [3.05, 3.63) is 67.6 Å². The van der Waals surface area contributed by atoms with Crippen molar-refractivity contribution in [2.75, 3.05) is 0 Å². The fourth-order valence-electron chi connectivity index (χ4n) is 2.06. The van der Waals surface area contributed by atoms with E-state index in [0.717, 1.165) is 15.6 Å². The van der Waals surface area contributed by atoms with Gasteiger partial charge in [0.2, 0.25) is 0 Å². The average Bonchev–Trinajstić information content (AvgIpc) is 2.38. The van der Waals surface area contributed by atoms with Crippen LogP contribution >= 0.6 is 39.1 Å². The number of rotatable bonds is 3. The van der Waals surface area contributed by atoms with E-state index >= 15 is 0 Å². The smallest absolute Gasteiger partial charge is 0.0624 e. The molecule has 0 saturated heterocycles. The second-order valence-corrected chi connectivity index (χ2v) is 6.23. The summed E-state index contributed by atoms with van der Waals surface area (Å²) in [5.41, 5.74) is 9.56. The van der Waals surface area contributed by atoms with Crippen molar-refractivity contribution in [1.82, 2.24) is 0 Å². The van der Waals surface area contributed by atoms with E-state index in [1.54, 1.807) is 6.07 Å². The minimum Gasteiger partial charge on any atom is -0.324 e. The van der Waals surface area contributed by atoms with Crippen LogP contribution in [-0.4, -0.2) is 0 Å². The van der Waals surface area contributed by atoms with Crippen LogP contribution in [0.3, 0.4) is 0 Å². The monoisotopic (exact) mass is 357 g/mol. The molecule has 1 atom stereocenters. The molecule has 2 aromatic rings. The molecule has 0 amide bonds. The molecule has 0 spiro atoms. The molecule has 2 rings (SSSR count). The lowest BCUT2D eigenvalue weighted by molar-refractivity contribution is 0.716. The predicted octanol–water partition coefficient (Wildman–Crippen LogP) is 5.31. The number of benzene rings is 2. The van der Waals surface area contributed by atoms with Crippen molar-refractivity contribution in [2.45, 2.75) is 19.4 Å². The first-order valence-electron chi connectivity index (χ1n) is 5.93. The van der Waals surface area contributed by atoms with E-state index in [1.165, 1.54) is 5.56 Å². The quantitative estimate of drug-likeness (QED) is 0.790. The Morgan fingerprint density at radius 3 is 2.68 bits per heavy atom. The van der Waals surface area contributed by atoms with Crippen molar-refractivity contribution in [1.29, 1.82) is 0 Å². The number of halogens is 3. The predicted molar refractivity (Wildman–Crippen MR) is 86.0 cm³/mol. The maximum Gasteiger partial charge on any atom is 0.0624 e. The molecule has 0 heterocycles. The van der Waals surface area contributed by atoms with E-state index in [9.17, 15) is 0 Å². The minimum atomic E-state index is -0.103. The summed E-state index contributed by atoms with van der Waals surface area (Å²) in [6.45, 7) is 2.06. The molecule has 0 bridgehead atoms. The average molecular weight is 359 g/mol. The molecule has 0 fully saturated rings. The van der Waals surface area contributed by atoms with Gasteiger partial charge >= 0.3 is 0 Å². The maximum atomic E-state index is 6.29. The van der Waals surface area contributed by atoms with Crippen LogP contribution in [0.2, 0.25) is 10.0 Å². The largest absolute Gasteiger partial charge is 0.324 e. The number of hydrogen-bond acceptors (Lipinski definition) is 1. The van der Waals surface area contributed by atoms with Gasteiger partial charge in [-0.15, -0.1) is 0 Å². The molecule has 0 aliphatic carbocycles. The normalized spacial score (nSPS) is 12.5. The van der Waals surface area contributed by atoms with E-state index in [-0.39, 0.29) is 6.04 Å². The van der Waals surface area contributed by atoms with Gasteiger partial charge in [-0.3, -0.25) is 0 Å². The van der Waals surface area contributed by atoms with E-state index in [1.807, 2.05) is 18.2 Å². The molecule has 19 heavy (non-hydrogen) atoms. The summed E-state index contributed by atoms with van der Waals surface area (Å²) in [5.74, 6) is 0. The summed E-state index contributed by atoms with van der Waals surface area (Å²) in [6, 6.07) is 11.7. The summed E-state index contributed by atoms with van der Waals surface area (Å²) in [4.78, 5) is 0. The molecule has 0 aromatic heterocycles. The highest BCUT2D eigenvalue weighted by atomic mass is 79.9. The van der Waals surface area contributed by atoms with E-state index in [0.29, 0.717) is 16.5 Å². The molecule has 2 aromatic carbocycles. The molecule has 4 heteroatoms. The van der Waals surface area contributed by atoms with Gasteiger partial charge in [0, 0.05) is 10.5 Å². The molecular formula is C15H14BrCl2N. The third kappa shape index (κ3) is 3.51. The second kappa shape index (κ2) is 6.27. The first kappa shape index (κ1) is 14.9. The molecule has 100 valence electrons. The fraction of sp³-hybridized carbons (Fsp3) is 0.200. The van der Waals surface area contributed by atoms with Crippen LogP contribution in [0.4, 0.5) is 0 Å². The third-order valence-corrected chi connectivity index (χ3v) is 4.46. The van der Waals surface area contributed by atoms with Crippen LogP contribution in [-0.2, 0) is 6.42 Å². The fourth-order valence-corrected chi connectivity index (χ4v) is 2.84. The standard InChI is InChI=1S/C15H14BrCl2N/c1-9-5-6-11(16)8-12(9)14(19)7-10-3-2-4-13(17)15(10)18/h2-6,8,14H,7,19H2,1H3. The Morgan fingerprint density at radius 1 is 1.21 bits per heavy atom. The highest BCUT2D eigenvalue weighted by Gasteiger charge is 2.13. The van der Waals surface area contributed by atoms with Gasteiger partial charge in [0.15, 0.2) is 0 Å². The molecule has 1 nitrogen and oxygen atoms in total. The second-order valence-electron chi connectivity index (χ2n) is 4.52. The van der Waals surface area contributed by atoms with Crippen LogP contribution in [0.5, 0.6) is 0 Å². The van der Waals surface area contributed by atoms with Crippen LogP contribution in [0, 0.1) is 6.92 Å². The lowest BCUT2D eigenvalue weighted by Gasteiger charge is -2.16. The van der Waals surface area contributed by atoms with Crippen LogP contribution in [0.25, 0.3) is 0 Å². The summed E-state index contributed by atoms with van der Waals surface area (Å²) in [5, 5.41) is 1.16. The van der Waals surface area contributed by atoms with Gasteiger partial charge in [-0.25, -0.2) is 0 Å². The molecule has 2 N–H and O–H groups in total. The Kier molecular flexibility index (Phi) is 4.91. The van der Waals surface area contributed by atoms with Gasteiger partial charge in [0.05, 0.1) is 10.0 Å². The Labute approximate surface area is 131 Å². The SMILES string of the molecule is Cc1ccc(Br)cc1C(N)Cc1cccc(Cl)c1Cl. The van der Waals surface area contributed by atoms with E-state index in [2.05, 4.69) is 35.0 Å². The van der Waals surface area contributed by atoms with Crippen molar-refractivity contribution in [3.63, 3.8) is 0 Å². The topological polar surface area (TPSA) is 26.0 Å². The van der Waals surface area contributed by atoms with Crippen LogP contribution in [0.1, 0.15) is 22.7 Å². The first-order valence-corrected chi connectivity index (χ1v) is 7.48. The van der Waals surface area contributed by atoms with Crippen LogP contribution < -0.4 is 5.73 Å². The zero-order valence-corrected chi connectivity index (χ0v) is 13.6. The van der Waals surface area contributed by atoms with Gasteiger partial charge in [0.25, 0.3) is 0 Å². The Hall–Kier alpha value is -0.540. The highest BCUT2D eigenvalue weighted by Crippen LogP contribution is 2.30. The molecule has 0 saturated carbocycles. The minimum absolute atomic E-state index is 0.103. The van der Waals surface area contributed by atoms with Crippen molar-refractivity contribution < 1.29 is 0 Å². The highest BCUT2D eigenvalue weighted by molar-refractivity contribution is 9.10. The lowest BCUT2D eigenvalue weighted by Crippen LogP contribution is -2.15. The van der Waals surface area contributed by atoms with Gasteiger partial charge in [-0.1, -0.05) is 57.3 Å². The Bertz CT molecular complexity index is 599. The summed E-state index contributed by atoms with van der Waals surface area (Å²) in [7, 11) is 0. The summed E-state index contributed by atoms with van der Waals surface area (Å²) < 4.78 is 1.03. The van der Waals surface area contributed by atoms with Crippen molar-refractivity contribution in [2.24, 2.45) is 5.73 Å². The Balaban J connectivity index is 2.28. The molecule has 0 radical (unpaired) electrons. The first-order chi connectivity index (χ1) is 8.99. The van der Waals surface area contributed by atoms with Crippen LogP contribution in [0.15, 0.2) is 40.9 Å². The zero-order valence-electron chi connectivity index (χ0n) is 10.5. The maximum absolute atomic E-state index is 6.29. The van der Waals surface area contributed by atoms with E-state index < -0.39 is 0 Å². The summed E-state index contributed by atoms with van der Waals surface area (Å²) in [6.07, 6.45) is 0.663. The molecule has 0 aliphatic rings. The van der Waals surface area contributed by atoms with Gasteiger partial charge < -0.3 is 5.73 Å². The van der Waals surface area contributed by atoms with Gasteiger partial charge in [-0.05, 0) is 48.2 Å². The number of aryl methyl sites for hydroxylation is 1. The van der Waals surface area contributed by atoms with Gasteiger partial charge in [0.1, 0.15) is 0 Å². The third-order valence-electron chi connectivity index (χ3n) is 3.11.